The van der Waals surface area contributed by atoms with Gasteiger partial charge in [0, 0.05) is 16.3 Å². The van der Waals surface area contributed by atoms with E-state index in [4.69, 9.17) is 11.6 Å². The minimum atomic E-state index is -0.542. The number of rotatable bonds is 4. The van der Waals surface area contributed by atoms with Crippen LogP contribution < -0.4 is 10.6 Å². The Morgan fingerprint density at radius 1 is 0.786 bits per heavy atom. The Hall–Kier alpha value is -3.25. The number of halogens is 3. The molecule has 0 aliphatic rings. The summed E-state index contributed by atoms with van der Waals surface area (Å²) in [5, 5.41) is 5.54. The molecule has 0 bridgehead atoms. The molecule has 3 rings (SSSR count). The monoisotopic (exact) mass is 400 g/mol. The second-order valence-electron chi connectivity index (χ2n) is 6.06. The molecule has 3 aromatic carbocycles. The maximum Gasteiger partial charge on any atom is 0.257 e. The molecule has 0 aromatic heterocycles. The van der Waals surface area contributed by atoms with Crippen molar-refractivity contribution in [3.8, 4) is 0 Å². The van der Waals surface area contributed by atoms with E-state index in [1.807, 2.05) is 0 Å². The molecule has 0 saturated heterocycles. The van der Waals surface area contributed by atoms with E-state index < -0.39 is 23.4 Å². The van der Waals surface area contributed by atoms with Gasteiger partial charge >= 0.3 is 0 Å². The number of hydrogen-bond donors (Lipinski definition) is 2. The first-order valence-corrected chi connectivity index (χ1v) is 8.65. The first-order chi connectivity index (χ1) is 13.3. The summed E-state index contributed by atoms with van der Waals surface area (Å²) in [7, 11) is 0. The molecule has 0 radical (unpaired) electrons. The van der Waals surface area contributed by atoms with Crippen LogP contribution in [0.2, 0.25) is 5.02 Å². The van der Waals surface area contributed by atoms with E-state index in [1.54, 1.807) is 13.0 Å². The van der Waals surface area contributed by atoms with Gasteiger partial charge in [-0.25, -0.2) is 8.78 Å². The number of carbonyl (C=O) groups is 2. The minimum absolute atomic E-state index is 0.142. The lowest BCUT2D eigenvalue weighted by atomic mass is 10.1. The molecule has 0 spiro atoms. The summed E-state index contributed by atoms with van der Waals surface area (Å²) in [5.74, 6) is -2.02. The van der Waals surface area contributed by atoms with Crippen LogP contribution >= 0.6 is 11.6 Å². The molecular weight excluding hydrogens is 386 g/mol. The largest absolute Gasteiger partial charge is 0.322 e. The molecule has 7 heteroatoms. The highest BCUT2D eigenvalue weighted by Crippen LogP contribution is 2.24. The topological polar surface area (TPSA) is 58.2 Å². The summed E-state index contributed by atoms with van der Waals surface area (Å²) in [6.07, 6.45) is 0. The normalized spacial score (nSPS) is 10.4. The van der Waals surface area contributed by atoms with Crippen molar-refractivity contribution in [3.63, 3.8) is 0 Å². The van der Waals surface area contributed by atoms with Gasteiger partial charge < -0.3 is 10.6 Å². The van der Waals surface area contributed by atoms with Gasteiger partial charge in [0.05, 0.1) is 11.3 Å². The molecule has 28 heavy (non-hydrogen) atoms. The van der Waals surface area contributed by atoms with Gasteiger partial charge in [0.15, 0.2) is 0 Å². The number of carbonyl (C=O) groups excluding carboxylic acids is 2. The molecule has 2 N–H and O–H groups in total. The Morgan fingerprint density at radius 3 is 2.14 bits per heavy atom. The number of benzene rings is 3. The molecule has 0 fully saturated rings. The lowest BCUT2D eigenvalue weighted by Gasteiger charge is -2.13. The molecule has 3 aromatic rings. The third-order valence-corrected chi connectivity index (χ3v) is 4.26. The van der Waals surface area contributed by atoms with E-state index in [-0.39, 0.29) is 16.8 Å². The number of amides is 2. The SMILES string of the molecule is Cc1ccc(F)cc1NC(=O)c1ccc(Cl)cc1NC(=O)c1ccc(F)cc1. The molecule has 0 aliphatic carbocycles. The second kappa shape index (κ2) is 8.19. The number of nitrogens with one attached hydrogen (secondary N) is 2. The number of aryl methyl sites for hydroxylation is 1. The van der Waals surface area contributed by atoms with E-state index in [0.29, 0.717) is 16.3 Å². The zero-order valence-electron chi connectivity index (χ0n) is 14.7. The van der Waals surface area contributed by atoms with Gasteiger partial charge in [0.2, 0.25) is 0 Å². The van der Waals surface area contributed by atoms with Crippen molar-refractivity contribution in [1.29, 1.82) is 0 Å². The van der Waals surface area contributed by atoms with Gasteiger partial charge in [-0.1, -0.05) is 17.7 Å². The summed E-state index contributed by atoms with van der Waals surface area (Å²) >= 11 is 6.00. The van der Waals surface area contributed by atoms with Crippen molar-refractivity contribution in [2.45, 2.75) is 6.92 Å². The summed E-state index contributed by atoms with van der Waals surface area (Å²) in [6, 6.07) is 13.4. The number of hydrogen-bond acceptors (Lipinski definition) is 2. The van der Waals surface area contributed by atoms with Crippen LogP contribution in [0.5, 0.6) is 0 Å². The van der Waals surface area contributed by atoms with Gasteiger partial charge in [0.1, 0.15) is 11.6 Å². The highest BCUT2D eigenvalue weighted by atomic mass is 35.5. The summed E-state index contributed by atoms with van der Waals surface area (Å²) < 4.78 is 26.5. The lowest BCUT2D eigenvalue weighted by Crippen LogP contribution is -2.18. The standard InChI is InChI=1S/C21H15ClF2N2O2/c1-12-2-6-16(24)11-18(12)25-21(28)17-9-5-14(22)10-19(17)26-20(27)13-3-7-15(23)8-4-13/h2-11H,1H3,(H,25,28)(H,26,27). The molecule has 4 nitrogen and oxygen atoms in total. The fraction of sp³-hybridized carbons (Fsp3) is 0.0476. The second-order valence-corrected chi connectivity index (χ2v) is 6.50. The molecule has 0 heterocycles. The van der Waals surface area contributed by atoms with E-state index in [9.17, 15) is 18.4 Å². The quantitative estimate of drug-likeness (QED) is 0.613. The van der Waals surface area contributed by atoms with Crippen LogP contribution in [0.4, 0.5) is 20.2 Å². The van der Waals surface area contributed by atoms with Gasteiger partial charge in [-0.15, -0.1) is 0 Å². The lowest BCUT2D eigenvalue weighted by molar-refractivity contribution is 0.102. The van der Waals surface area contributed by atoms with Crippen molar-refractivity contribution in [1.82, 2.24) is 0 Å². The highest BCUT2D eigenvalue weighted by Gasteiger charge is 2.16. The van der Waals surface area contributed by atoms with Crippen molar-refractivity contribution in [2.75, 3.05) is 10.6 Å². The van der Waals surface area contributed by atoms with Crippen LogP contribution in [0.3, 0.4) is 0 Å². The zero-order valence-corrected chi connectivity index (χ0v) is 15.5. The van der Waals surface area contributed by atoms with Crippen LogP contribution in [-0.4, -0.2) is 11.8 Å². The van der Waals surface area contributed by atoms with E-state index in [1.165, 1.54) is 42.5 Å². The fourth-order valence-corrected chi connectivity index (χ4v) is 2.70. The Balaban J connectivity index is 1.87. The molecule has 0 aliphatic heterocycles. The molecule has 0 atom stereocenters. The molecule has 0 saturated carbocycles. The van der Waals surface area contributed by atoms with Crippen LogP contribution in [0.15, 0.2) is 60.7 Å². The maximum atomic E-state index is 13.5. The van der Waals surface area contributed by atoms with Crippen molar-refractivity contribution in [3.05, 3.63) is 94.0 Å². The summed E-state index contributed by atoms with van der Waals surface area (Å²) in [6.45, 7) is 1.73. The van der Waals surface area contributed by atoms with Crippen molar-refractivity contribution >= 4 is 34.8 Å². The van der Waals surface area contributed by atoms with Crippen LogP contribution in [0.25, 0.3) is 0 Å². The molecule has 0 unspecified atom stereocenters. The fourth-order valence-electron chi connectivity index (χ4n) is 2.53. The minimum Gasteiger partial charge on any atom is -0.322 e. The Bertz CT molecular complexity index is 1050. The van der Waals surface area contributed by atoms with Crippen LogP contribution in [-0.2, 0) is 0 Å². The van der Waals surface area contributed by atoms with Crippen LogP contribution in [0.1, 0.15) is 26.3 Å². The van der Waals surface area contributed by atoms with Crippen LogP contribution in [0, 0.1) is 18.6 Å². The highest BCUT2D eigenvalue weighted by molar-refractivity contribution is 6.31. The Morgan fingerprint density at radius 2 is 1.43 bits per heavy atom. The predicted molar refractivity (Wildman–Crippen MR) is 105 cm³/mol. The van der Waals surface area contributed by atoms with Gasteiger partial charge in [0.25, 0.3) is 11.8 Å². The number of anilines is 2. The smallest absolute Gasteiger partial charge is 0.257 e. The zero-order chi connectivity index (χ0) is 20.3. The average Bonchev–Trinajstić information content (AvgIpc) is 2.65. The third kappa shape index (κ3) is 4.53. The first kappa shape index (κ1) is 19.5. The van der Waals surface area contributed by atoms with E-state index in [0.717, 1.165) is 12.1 Å². The molecule has 142 valence electrons. The summed E-state index contributed by atoms with van der Waals surface area (Å²) in [4.78, 5) is 25.1. The molecular formula is C21H15ClF2N2O2. The van der Waals surface area contributed by atoms with Gasteiger partial charge in [-0.3, -0.25) is 9.59 Å². The van der Waals surface area contributed by atoms with Gasteiger partial charge in [-0.2, -0.15) is 0 Å². The van der Waals surface area contributed by atoms with Crippen molar-refractivity contribution < 1.29 is 18.4 Å². The molecule has 2 amide bonds. The predicted octanol–water partition coefficient (Wildman–Crippen LogP) is 5.43. The van der Waals surface area contributed by atoms with E-state index >= 15 is 0 Å². The first-order valence-electron chi connectivity index (χ1n) is 8.27. The van der Waals surface area contributed by atoms with Crippen molar-refractivity contribution in [2.24, 2.45) is 0 Å². The summed E-state index contributed by atoms with van der Waals surface area (Å²) in [5.41, 5.74) is 1.53. The average molecular weight is 401 g/mol. The third-order valence-electron chi connectivity index (χ3n) is 4.03. The Kier molecular flexibility index (Phi) is 5.70. The Labute approximate surface area is 165 Å². The van der Waals surface area contributed by atoms with E-state index in [2.05, 4.69) is 10.6 Å². The maximum absolute atomic E-state index is 13.5. The van der Waals surface area contributed by atoms with Gasteiger partial charge in [-0.05, 0) is 67.1 Å².